The largest absolute Gasteiger partial charge is 0.338 e. The summed E-state index contributed by atoms with van der Waals surface area (Å²) in [5.74, 6) is 0.0436. The number of imidazole rings is 1. The van der Waals surface area contributed by atoms with Crippen molar-refractivity contribution < 1.29 is 13.6 Å². The van der Waals surface area contributed by atoms with E-state index < -0.39 is 0 Å². The van der Waals surface area contributed by atoms with Gasteiger partial charge in [0, 0.05) is 17.8 Å². The van der Waals surface area contributed by atoms with Crippen LogP contribution in [0.1, 0.15) is 5.56 Å². The van der Waals surface area contributed by atoms with E-state index in [2.05, 4.69) is 20.6 Å². The second-order valence-corrected chi connectivity index (χ2v) is 7.84. The molecule has 2 amide bonds. The monoisotopic (exact) mass is 454 g/mol. The normalized spacial score (nSPS) is 10.9. The fourth-order valence-corrected chi connectivity index (χ4v) is 3.68. The number of H-pyrrole nitrogens is 1. The highest BCUT2D eigenvalue weighted by Gasteiger charge is 2.08. The molecule has 168 valence electrons. The zero-order valence-corrected chi connectivity index (χ0v) is 18.0. The lowest BCUT2D eigenvalue weighted by molar-refractivity contribution is 0.251. The van der Waals surface area contributed by atoms with Crippen molar-refractivity contribution in [2.45, 2.75) is 6.54 Å². The molecule has 4 aromatic carbocycles. The molecule has 0 saturated carbocycles. The van der Waals surface area contributed by atoms with Gasteiger partial charge in [0.1, 0.15) is 17.5 Å². The van der Waals surface area contributed by atoms with Crippen LogP contribution in [-0.4, -0.2) is 16.0 Å². The summed E-state index contributed by atoms with van der Waals surface area (Å²) in [7, 11) is 0. The molecule has 0 spiro atoms. The number of benzene rings is 4. The van der Waals surface area contributed by atoms with Gasteiger partial charge in [0.25, 0.3) is 0 Å². The Morgan fingerprint density at radius 3 is 2.32 bits per heavy atom. The Morgan fingerprint density at radius 1 is 0.794 bits per heavy atom. The van der Waals surface area contributed by atoms with Gasteiger partial charge in [0.2, 0.25) is 0 Å². The Morgan fingerprint density at radius 2 is 1.53 bits per heavy atom. The molecule has 0 aliphatic carbocycles. The molecule has 0 atom stereocenters. The van der Waals surface area contributed by atoms with Gasteiger partial charge in [-0.05, 0) is 59.2 Å². The van der Waals surface area contributed by atoms with Crippen molar-refractivity contribution in [3.05, 3.63) is 108 Å². The summed E-state index contributed by atoms with van der Waals surface area (Å²) >= 11 is 0. The van der Waals surface area contributed by atoms with Gasteiger partial charge in [0.05, 0.1) is 11.0 Å². The van der Waals surface area contributed by atoms with E-state index >= 15 is 0 Å². The lowest BCUT2D eigenvalue weighted by atomic mass is 10.0. The van der Waals surface area contributed by atoms with E-state index in [1.807, 2.05) is 48.5 Å². The molecule has 7 heteroatoms. The van der Waals surface area contributed by atoms with E-state index in [0.717, 1.165) is 22.3 Å². The van der Waals surface area contributed by atoms with Crippen molar-refractivity contribution in [2.24, 2.45) is 0 Å². The lowest BCUT2D eigenvalue weighted by Crippen LogP contribution is -2.28. The Hall–Kier alpha value is -4.52. The number of rotatable bonds is 5. The van der Waals surface area contributed by atoms with Crippen molar-refractivity contribution in [2.75, 3.05) is 5.32 Å². The topological polar surface area (TPSA) is 69.8 Å². The molecule has 1 heterocycles. The van der Waals surface area contributed by atoms with Crippen LogP contribution in [0.25, 0.3) is 33.5 Å². The average molecular weight is 454 g/mol. The van der Waals surface area contributed by atoms with Gasteiger partial charge in [-0.1, -0.05) is 48.5 Å². The standard InChI is InChI=1S/C27H20F2N4O/c28-21-10-4-17(5-11-21)16-30-27(34)31-23-3-1-2-20(14-23)18-6-8-19(9-7-18)26-32-24-13-12-22(29)15-25(24)33-26/h1-15H,16H2,(H,32,33)(H2,30,31,34). The number of anilines is 1. The van der Waals surface area contributed by atoms with Crippen molar-refractivity contribution >= 4 is 22.8 Å². The highest BCUT2D eigenvalue weighted by molar-refractivity contribution is 5.90. The summed E-state index contributed by atoms with van der Waals surface area (Å²) in [5.41, 5.74) is 5.61. The molecular formula is C27H20F2N4O. The molecule has 3 N–H and O–H groups in total. The molecule has 0 bridgehead atoms. The number of carbonyl (C=O) groups excluding carboxylic acids is 1. The molecule has 0 saturated heterocycles. The summed E-state index contributed by atoms with van der Waals surface area (Å²) in [6, 6.07) is 25.4. The first kappa shape index (κ1) is 21.3. The Bertz CT molecular complexity index is 1460. The number of halogens is 2. The minimum atomic E-state index is -0.349. The predicted octanol–water partition coefficient (Wildman–Crippen LogP) is 6.50. The highest BCUT2D eigenvalue weighted by Crippen LogP contribution is 2.27. The molecule has 34 heavy (non-hydrogen) atoms. The summed E-state index contributed by atoms with van der Waals surface area (Å²) in [6.45, 7) is 0.293. The average Bonchev–Trinajstić information content (AvgIpc) is 3.27. The van der Waals surface area contributed by atoms with Crippen LogP contribution in [0.4, 0.5) is 19.3 Å². The SMILES string of the molecule is O=C(NCc1ccc(F)cc1)Nc1cccc(-c2ccc(-c3nc4ccc(F)cc4[nH]3)cc2)c1. The van der Waals surface area contributed by atoms with Crippen molar-refractivity contribution in [1.29, 1.82) is 0 Å². The van der Waals surface area contributed by atoms with Crippen molar-refractivity contribution in [3.8, 4) is 22.5 Å². The molecule has 0 radical (unpaired) electrons. The number of urea groups is 1. The van der Waals surface area contributed by atoms with E-state index in [0.29, 0.717) is 29.1 Å². The third-order valence-electron chi connectivity index (χ3n) is 5.42. The first-order chi connectivity index (χ1) is 16.5. The number of nitrogens with zero attached hydrogens (tertiary/aromatic N) is 1. The minimum absolute atomic E-state index is 0.293. The van der Waals surface area contributed by atoms with E-state index in [1.165, 1.54) is 24.3 Å². The van der Waals surface area contributed by atoms with Gasteiger partial charge >= 0.3 is 6.03 Å². The fourth-order valence-electron chi connectivity index (χ4n) is 3.68. The summed E-state index contributed by atoms with van der Waals surface area (Å²) in [6.07, 6.45) is 0. The minimum Gasteiger partial charge on any atom is -0.338 e. The Balaban J connectivity index is 1.26. The van der Waals surface area contributed by atoms with Gasteiger partial charge in [-0.25, -0.2) is 18.6 Å². The van der Waals surface area contributed by atoms with Crippen LogP contribution in [0.3, 0.4) is 0 Å². The zero-order valence-electron chi connectivity index (χ0n) is 18.0. The summed E-state index contributed by atoms with van der Waals surface area (Å²) < 4.78 is 26.4. The van der Waals surface area contributed by atoms with Gasteiger partial charge in [-0.15, -0.1) is 0 Å². The van der Waals surface area contributed by atoms with Crippen LogP contribution in [0.2, 0.25) is 0 Å². The quantitative estimate of drug-likeness (QED) is 0.284. The second kappa shape index (κ2) is 9.15. The van der Waals surface area contributed by atoms with Crippen LogP contribution in [0, 0.1) is 11.6 Å². The number of nitrogens with one attached hydrogen (secondary N) is 3. The molecule has 5 aromatic rings. The van der Waals surface area contributed by atoms with Crippen LogP contribution in [0.15, 0.2) is 91.0 Å². The van der Waals surface area contributed by atoms with Crippen molar-refractivity contribution in [3.63, 3.8) is 0 Å². The van der Waals surface area contributed by atoms with Crippen LogP contribution in [0.5, 0.6) is 0 Å². The fraction of sp³-hybridized carbons (Fsp3) is 0.0370. The van der Waals surface area contributed by atoms with Crippen molar-refractivity contribution in [1.82, 2.24) is 15.3 Å². The maximum absolute atomic E-state index is 13.4. The summed E-state index contributed by atoms with van der Waals surface area (Å²) in [5, 5.41) is 5.58. The molecule has 5 rings (SSSR count). The zero-order chi connectivity index (χ0) is 23.5. The van der Waals surface area contributed by atoms with Crippen LogP contribution >= 0.6 is 0 Å². The second-order valence-electron chi connectivity index (χ2n) is 7.84. The van der Waals surface area contributed by atoms with E-state index in [1.54, 1.807) is 18.2 Å². The number of carbonyl (C=O) groups is 1. The Labute approximate surface area is 194 Å². The van der Waals surface area contributed by atoms with Gasteiger partial charge in [0.15, 0.2) is 0 Å². The molecule has 1 aromatic heterocycles. The van der Waals surface area contributed by atoms with Crippen LogP contribution < -0.4 is 10.6 Å². The first-order valence-corrected chi connectivity index (χ1v) is 10.7. The summed E-state index contributed by atoms with van der Waals surface area (Å²) in [4.78, 5) is 19.9. The van der Waals surface area contributed by atoms with Gasteiger partial charge in [-0.2, -0.15) is 0 Å². The van der Waals surface area contributed by atoms with Crippen LogP contribution in [-0.2, 0) is 6.54 Å². The molecule has 5 nitrogen and oxygen atoms in total. The number of aromatic nitrogens is 2. The predicted molar refractivity (Wildman–Crippen MR) is 129 cm³/mol. The van der Waals surface area contributed by atoms with Gasteiger partial charge < -0.3 is 15.6 Å². The smallest absolute Gasteiger partial charge is 0.319 e. The first-order valence-electron chi connectivity index (χ1n) is 10.7. The number of fused-ring (bicyclic) bond motifs is 1. The molecule has 0 unspecified atom stereocenters. The molecule has 0 aliphatic rings. The highest BCUT2D eigenvalue weighted by atomic mass is 19.1. The number of amides is 2. The van der Waals surface area contributed by atoms with E-state index in [-0.39, 0.29) is 17.7 Å². The van der Waals surface area contributed by atoms with E-state index in [9.17, 15) is 13.6 Å². The Kier molecular flexibility index (Phi) is 5.74. The number of hydrogen-bond acceptors (Lipinski definition) is 2. The van der Waals surface area contributed by atoms with Gasteiger partial charge in [-0.3, -0.25) is 0 Å². The number of hydrogen-bond donors (Lipinski definition) is 3. The third kappa shape index (κ3) is 4.78. The lowest BCUT2D eigenvalue weighted by Gasteiger charge is -2.10. The molecular weight excluding hydrogens is 434 g/mol. The van der Waals surface area contributed by atoms with E-state index in [4.69, 9.17) is 0 Å². The number of aromatic amines is 1. The maximum atomic E-state index is 13.4. The molecule has 0 aliphatic heterocycles. The third-order valence-corrected chi connectivity index (χ3v) is 5.42. The maximum Gasteiger partial charge on any atom is 0.319 e. The molecule has 0 fully saturated rings.